The minimum atomic E-state index is -2.13. The lowest BCUT2D eigenvalue weighted by Crippen LogP contribution is -2.44. The first-order valence-electron chi connectivity index (χ1n) is 13.2. The highest BCUT2D eigenvalue weighted by atomic mass is 14.9. The van der Waals surface area contributed by atoms with Crippen LogP contribution in [0.15, 0.2) is 79.0 Å². The summed E-state index contributed by atoms with van der Waals surface area (Å²) in [4.78, 5) is 0. The monoisotopic (exact) mass is 435 g/mol. The summed E-state index contributed by atoms with van der Waals surface area (Å²) in [5.74, 6) is 0. The average Bonchev–Trinajstić information content (AvgIpc) is 2.83. The van der Waals surface area contributed by atoms with Gasteiger partial charge in [-0.15, -0.1) is 0 Å². The van der Waals surface area contributed by atoms with E-state index >= 15 is 0 Å². The fourth-order valence-corrected chi connectivity index (χ4v) is 5.55. The van der Waals surface area contributed by atoms with Crippen molar-refractivity contribution >= 4 is 0 Å². The van der Waals surface area contributed by atoms with Gasteiger partial charge in [-0.25, -0.2) is 4.57 Å². The van der Waals surface area contributed by atoms with Crippen LogP contribution in [-0.4, -0.2) is 0 Å². The molecule has 1 heterocycles. The predicted octanol–water partition coefficient (Wildman–Crippen LogP) is 7.70. The molecule has 0 spiro atoms. The van der Waals surface area contributed by atoms with Gasteiger partial charge in [-0.3, -0.25) is 0 Å². The molecule has 0 saturated carbocycles. The van der Waals surface area contributed by atoms with Crippen LogP contribution in [0, 0.1) is 13.8 Å². The second kappa shape index (κ2) is 7.42. The van der Waals surface area contributed by atoms with Gasteiger partial charge < -0.3 is 0 Å². The summed E-state index contributed by atoms with van der Waals surface area (Å²) in [6.45, 7) is 9.42. The molecule has 0 atom stereocenters. The second-order valence-corrected chi connectivity index (χ2v) is 10.5. The third kappa shape index (κ3) is 3.17. The molecule has 0 saturated heterocycles. The summed E-state index contributed by atoms with van der Waals surface area (Å²) in [5.41, 5.74) is 11.1. The number of hydrogen-bond donors (Lipinski definition) is 0. The number of rotatable bonds is 2. The third-order valence-corrected chi connectivity index (χ3v) is 8.08. The zero-order chi connectivity index (χ0) is 26.0. The SMILES string of the molecule is [2H]C([2H])([2H])c1ccc(-c2c(C)ccc3c2C(C)(C)C(C)(C)c2ccc(-c4ccccc4)cc2-3)[n+](C)c1. The van der Waals surface area contributed by atoms with Gasteiger partial charge in [-0.1, -0.05) is 82.3 Å². The second-order valence-electron chi connectivity index (χ2n) is 10.5. The number of benzene rings is 3. The summed E-state index contributed by atoms with van der Waals surface area (Å²) in [7, 11) is 1.95. The Hall–Kier alpha value is -3.19. The quantitative estimate of drug-likeness (QED) is 0.284. The number of pyridine rings is 1. The Labute approximate surface area is 203 Å². The lowest BCUT2D eigenvalue weighted by molar-refractivity contribution is -0.660. The van der Waals surface area contributed by atoms with Gasteiger partial charge in [0.15, 0.2) is 6.20 Å². The molecule has 1 heteroatoms. The number of hydrogen-bond acceptors (Lipinski definition) is 0. The van der Waals surface area contributed by atoms with Gasteiger partial charge in [-0.05, 0) is 70.3 Å². The van der Waals surface area contributed by atoms with Crippen LogP contribution >= 0.6 is 0 Å². The molecule has 4 aromatic rings. The molecule has 1 aliphatic rings. The first-order valence-corrected chi connectivity index (χ1v) is 11.7. The number of fused-ring (bicyclic) bond motifs is 3. The molecule has 1 aromatic heterocycles. The molecule has 0 amide bonds. The average molecular weight is 436 g/mol. The molecule has 5 rings (SSSR count). The molecule has 1 nitrogen and oxygen atoms in total. The highest BCUT2D eigenvalue weighted by Gasteiger charge is 2.48. The van der Waals surface area contributed by atoms with E-state index in [2.05, 4.69) is 95.3 Å². The van der Waals surface area contributed by atoms with Gasteiger partial charge in [0.25, 0.3) is 0 Å². The smallest absolute Gasteiger partial charge is 0.201 e. The van der Waals surface area contributed by atoms with E-state index in [0.29, 0.717) is 5.56 Å². The molecule has 0 unspecified atom stereocenters. The Morgan fingerprint density at radius 1 is 0.758 bits per heavy atom. The lowest BCUT2D eigenvalue weighted by atomic mass is 9.54. The summed E-state index contributed by atoms with van der Waals surface area (Å²) in [6, 6.07) is 25.7. The van der Waals surface area contributed by atoms with Crippen LogP contribution in [0.25, 0.3) is 33.5 Å². The van der Waals surface area contributed by atoms with E-state index in [1.807, 2.05) is 17.7 Å². The number of nitrogens with zero attached hydrogens (tertiary/aromatic N) is 1. The van der Waals surface area contributed by atoms with E-state index in [1.54, 1.807) is 12.3 Å². The van der Waals surface area contributed by atoms with Crippen molar-refractivity contribution in [1.29, 1.82) is 0 Å². The van der Waals surface area contributed by atoms with Crippen LogP contribution in [0.5, 0.6) is 0 Å². The maximum atomic E-state index is 7.85. The van der Waals surface area contributed by atoms with Crippen molar-refractivity contribution in [3.8, 4) is 33.5 Å². The lowest BCUT2D eigenvalue weighted by Gasteiger charge is -2.49. The summed E-state index contributed by atoms with van der Waals surface area (Å²) < 4.78 is 25.5. The summed E-state index contributed by atoms with van der Waals surface area (Å²) in [5, 5.41) is 0. The molecule has 0 N–H and O–H groups in total. The maximum absolute atomic E-state index is 7.85. The topological polar surface area (TPSA) is 3.88 Å². The largest absolute Gasteiger partial charge is 0.212 e. The van der Waals surface area contributed by atoms with Crippen molar-refractivity contribution in [2.75, 3.05) is 0 Å². The minimum absolute atomic E-state index is 0.121. The molecule has 0 radical (unpaired) electrons. The van der Waals surface area contributed by atoms with Gasteiger partial charge >= 0.3 is 0 Å². The van der Waals surface area contributed by atoms with E-state index < -0.39 is 6.85 Å². The van der Waals surface area contributed by atoms with Crippen molar-refractivity contribution in [3.63, 3.8) is 0 Å². The van der Waals surface area contributed by atoms with Gasteiger partial charge in [0, 0.05) is 21.2 Å². The zero-order valence-corrected chi connectivity index (χ0v) is 20.5. The van der Waals surface area contributed by atoms with E-state index in [4.69, 9.17) is 4.11 Å². The first-order chi connectivity index (χ1) is 16.8. The van der Waals surface area contributed by atoms with Crippen LogP contribution in [-0.2, 0) is 17.9 Å². The molecular weight excluding hydrogens is 398 g/mol. The van der Waals surface area contributed by atoms with Crippen LogP contribution in [0.4, 0.5) is 0 Å². The van der Waals surface area contributed by atoms with Crippen LogP contribution in [0.3, 0.4) is 0 Å². The molecule has 166 valence electrons. The molecule has 3 aromatic carbocycles. The van der Waals surface area contributed by atoms with Crippen LogP contribution in [0.2, 0.25) is 0 Å². The molecule has 0 aliphatic heterocycles. The maximum Gasteiger partial charge on any atom is 0.212 e. The molecule has 33 heavy (non-hydrogen) atoms. The fourth-order valence-electron chi connectivity index (χ4n) is 5.55. The van der Waals surface area contributed by atoms with E-state index in [1.165, 1.54) is 44.5 Å². The summed E-state index contributed by atoms with van der Waals surface area (Å²) in [6.07, 6.45) is 1.75. The Morgan fingerprint density at radius 3 is 2.21 bits per heavy atom. The summed E-state index contributed by atoms with van der Waals surface area (Å²) >= 11 is 0. The highest BCUT2D eigenvalue weighted by Crippen LogP contribution is 2.56. The third-order valence-electron chi connectivity index (χ3n) is 8.08. The van der Waals surface area contributed by atoms with Crippen LogP contribution in [0.1, 0.15) is 54.1 Å². The molecule has 0 fully saturated rings. The molecule has 0 bridgehead atoms. The fraction of sp³-hybridized carbons (Fsp3) is 0.281. The predicted molar refractivity (Wildman–Crippen MR) is 139 cm³/mol. The van der Waals surface area contributed by atoms with Gasteiger partial charge in [0.05, 0.1) is 5.56 Å². The van der Waals surface area contributed by atoms with Gasteiger partial charge in [-0.2, -0.15) is 0 Å². The van der Waals surface area contributed by atoms with E-state index in [0.717, 1.165) is 5.69 Å². The van der Waals surface area contributed by atoms with Crippen molar-refractivity contribution in [2.24, 2.45) is 7.05 Å². The Morgan fingerprint density at radius 2 is 1.52 bits per heavy atom. The highest BCUT2D eigenvalue weighted by molar-refractivity contribution is 5.87. The Kier molecular flexibility index (Phi) is 4.10. The van der Waals surface area contributed by atoms with Crippen LogP contribution < -0.4 is 4.57 Å². The van der Waals surface area contributed by atoms with Crippen molar-refractivity contribution in [3.05, 3.63) is 101 Å². The number of aromatic nitrogens is 1. The standard InChI is InChI=1S/C32H34N/c1-21-13-18-28(33(7)20-21)29-22(2)14-16-25-26-19-24(23-11-9-8-10-12-23)15-17-27(26)31(3,4)32(5,6)30(25)29/h8-20H,1-7H3/q+1/i1D3. The van der Waals surface area contributed by atoms with Crippen molar-refractivity contribution < 1.29 is 8.68 Å². The Bertz CT molecular complexity index is 1480. The minimum Gasteiger partial charge on any atom is -0.201 e. The zero-order valence-electron chi connectivity index (χ0n) is 23.5. The Balaban J connectivity index is 1.82. The molecular formula is C32H34N+. The number of aryl methyl sites for hydroxylation is 3. The van der Waals surface area contributed by atoms with E-state index in [9.17, 15) is 0 Å². The van der Waals surface area contributed by atoms with Crippen molar-refractivity contribution in [2.45, 2.75) is 52.3 Å². The van der Waals surface area contributed by atoms with Gasteiger partial charge in [0.1, 0.15) is 7.05 Å². The van der Waals surface area contributed by atoms with E-state index in [-0.39, 0.29) is 10.8 Å². The molecule has 1 aliphatic carbocycles. The normalized spacial score (nSPS) is 17.3. The van der Waals surface area contributed by atoms with Gasteiger partial charge in [0.2, 0.25) is 5.69 Å². The first kappa shape index (κ1) is 18.3. The van der Waals surface area contributed by atoms with Crippen molar-refractivity contribution in [1.82, 2.24) is 0 Å².